The summed E-state index contributed by atoms with van der Waals surface area (Å²) >= 11 is 0. The molecule has 0 amide bonds. The fourth-order valence-electron chi connectivity index (χ4n) is 2.56. The zero-order valence-corrected chi connectivity index (χ0v) is 12.5. The van der Waals surface area contributed by atoms with E-state index in [2.05, 4.69) is 16.8 Å². The Bertz CT molecular complexity index is 675. The normalized spacial score (nSPS) is 27.5. The Labute approximate surface area is 126 Å². The molecule has 1 saturated heterocycles. The molecule has 0 bridgehead atoms. The first-order valence-corrected chi connectivity index (χ1v) is 6.78. The van der Waals surface area contributed by atoms with Gasteiger partial charge in [-0.3, -0.25) is 4.79 Å². The van der Waals surface area contributed by atoms with Crippen molar-refractivity contribution >= 4 is 0 Å². The van der Waals surface area contributed by atoms with E-state index in [4.69, 9.17) is 9.47 Å². The second kappa shape index (κ2) is 6.58. The van der Waals surface area contributed by atoms with Crippen LogP contribution in [0.15, 0.2) is 4.79 Å². The van der Waals surface area contributed by atoms with E-state index >= 15 is 0 Å². The van der Waals surface area contributed by atoms with Gasteiger partial charge in [-0.1, -0.05) is 5.92 Å². The lowest BCUT2D eigenvalue weighted by atomic mass is 9.98. The molecule has 120 valence electrons. The average molecular weight is 311 g/mol. The number of hydrogen-bond donors (Lipinski definition) is 3. The van der Waals surface area contributed by atoms with Gasteiger partial charge in [0.1, 0.15) is 35.9 Å². The van der Waals surface area contributed by atoms with Gasteiger partial charge in [-0.25, -0.2) is 4.39 Å². The molecule has 1 aromatic heterocycles. The maximum atomic E-state index is 14.6. The van der Waals surface area contributed by atoms with Crippen molar-refractivity contribution in [1.82, 2.24) is 4.98 Å². The highest BCUT2D eigenvalue weighted by Crippen LogP contribution is 2.37. The van der Waals surface area contributed by atoms with Crippen LogP contribution in [0.4, 0.5) is 4.39 Å². The molecule has 2 heterocycles. The summed E-state index contributed by atoms with van der Waals surface area (Å²) in [6.45, 7) is 2.46. The molecule has 4 atom stereocenters. The monoisotopic (exact) mass is 311 g/mol. The Kier molecular flexibility index (Phi) is 4.98. The second-order valence-corrected chi connectivity index (χ2v) is 5.03. The third-order valence-corrected chi connectivity index (χ3v) is 3.74. The van der Waals surface area contributed by atoms with Gasteiger partial charge >= 0.3 is 0 Å². The summed E-state index contributed by atoms with van der Waals surface area (Å²) in [5, 5.41) is 19.3. The van der Waals surface area contributed by atoms with Crippen molar-refractivity contribution in [3.63, 3.8) is 0 Å². The molecule has 0 aromatic carbocycles. The molecule has 6 nitrogen and oxygen atoms in total. The Morgan fingerprint density at radius 1 is 1.50 bits per heavy atom. The SMILES string of the molecule is CC#Cc1[nH]c(=O)c(C)c(F)c1[C@@H]1O[C@H](CO)C(O)[C@@H]1OC. The van der Waals surface area contributed by atoms with Crippen LogP contribution in [0.25, 0.3) is 0 Å². The Balaban J connectivity index is 2.62. The summed E-state index contributed by atoms with van der Waals surface area (Å²) in [6, 6.07) is 0. The Morgan fingerprint density at radius 3 is 2.73 bits per heavy atom. The van der Waals surface area contributed by atoms with Crippen molar-refractivity contribution < 1.29 is 24.1 Å². The standard InChI is InChI=1S/C15H18FNO5/c1-4-5-8-10(11(16)7(2)15(20)17-8)13-14(21-3)12(19)9(6-18)22-13/h9,12-14,18-19H,6H2,1-3H3,(H,17,20)/t9-,12?,13+,14+/m1/s1. The number of hydrogen-bond acceptors (Lipinski definition) is 5. The summed E-state index contributed by atoms with van der Waals surface area (Å²) in [5.74, 6) is 4.47. The van der Waals surface area contributed by atoms with E-state index in [1.165, 1.54) is 14.0 Å². The van der Waals surface area contributed by atoms with Crippen LogP contribution in [0.1, 0.15) is 29.8 Å². The highest BCUT2D eigenvalue weighted by atomic mass is 19.1. The summed E-state index contributed by atoms with van der Waals surface area (Å²) in [5.41, 5.74) is -0.580. The highest BCUT2D eigenvalue weighted by Gasteiger charge is 2.46. The Morgan fingerprint density at radius 2 is 2.18 bits per heavy atom. The fraction of sp³-hybridized carbons (Fsp3) is 0.533. The summed E-state index contributed by atoms with van der Waals surface area (Å²) < 4.78 is 25.3. The number of pyridine rings is 1. The highest BCUT2D eigenvalue weighted by molar-refractivity contribution is 5.41. The molecular formula is C15H18FNO5. The average Bonchev–Trinajstić information content (AvgIpc) is 2.81. The van der Waals surface area contributed by atoms with Crippen molar-refractivity contribution in [2.45, 2.75) is 38.3 Å². The van der Waals surface area contributed by atoms with E-state index in [1.54, 1.807) is 6.92 Å². The number of aromatic amines is 1. The van der Waals surface area contributed by atoms with Crippen LogP contribution in [-0.4, -0.2) is 47.2 Å². The predicted molar refractivity (Wildman–Crippen MR) is 75.8 cm³/mol. The molecule has 2 rings (SSSR count). The minimum Gasteiger partial charge on any atom is -0.394 e. The number of H-pyrrole nitrogens is 1. The first kappa shape index (κ1) is 16.6. The molecule has 0 saturated carbocycles. The van der Waals surface area contributed by atoms with Gasteiger partial charge in [0.05, 0.1) is 17.7 Å². The van der Waals surface area contributed by atoms with Crippen molar-refractivity contribution in [1.29, 1.82) is 0 Å². The Hall–Kier alpha value is -1.72. The number of ether oxygens (including phenoxy) is 2. The van der Waals surface area contributed by atoms with Gasteiger partial charge in [-0.2, -0.15) is 0 Å². The molecule has 0 radical (unpaired) electrons. The number of nitrogens with one attached hydrogen (secondary N) is 1. The van der Waals surface area contributed by atoms with Gasteiger partial charge in [0.15, 0.2) is 0 Å². The van der Waals surface area contributed by atoms with Gasteiger partial charge in [0, 0.05) is 7.11 Å². The van der Waals surface area contributed by atoms with E-state index in [9.17, 15) is 19.4 Å². The van der Waals surface area contributed by atoms with E-state index in [0.29, 0.717) is 0 Å². The zero-order chi connectivity index (χ0) is 16.4. The molecule has 1 aliphatic heterocycles. The van der Waals surface area contributed by atoms with Crippen molar-refractivity contribution in [3.05, 3.63) is 33.0 Å². The predicted octanol–water partition coefficient (Wildman–Crippen LogP) is 0.00192. The van der Waals surface area contributed by atoms with E-state index in [0.717, 1.165) is 0 Å². The van der Waals surface area contributed by atoms with Crippen LogP contribution in [0, 0.1) is 24.6 Å². The molecule has 0 spiro atoms. The van der Waals surface area contributed by atoms with Crippen molar-refractivity contribution in [2.75, 3.05) is 13.7 Å². The molecule has 1 unspecified atom stereocenters. The quantitative estimate of drug-likeness (QED) is 0.684. The summed E-state index contributed by atoms with van der Waals surface area (Å²) in [6.07, 6.45) is -3.88. The summed E-state index contributed by atoms with van der Waals surface area (Å²) in [4.78, 5) is 14.2. The van der Waals surface area contributed by atoms with Crippen LogP contribution in [0.2, 0.25) is 0 Å². The number of aliphatic hydroxyl groups excluding tert-OH is 2. The minimum absolute atomic E-state index is 0.0216. The number of rotatable bonds is 3. The molecule has 1 aliphatic rings. The van der Waals surface area contributed by atoms with E-state index < -0.39 is 42.4 Å². The van der Waals surface area contributed by atoms with Gasteiger partial charge < -0.3 is 24.7 Å². The van der Waals surface area contributed by atoms with Crippen LogP contribution in [0.3, 0.4) is 0 Å². The molecule has 1 fully saturated rings. The lowest BCUT2D eigenvalue weighted by molar-refractivity contribution is -0.0248. The molecule has 7 heteroatoms. The first-order chi connectivity index (χ1) is 10.5. The topological polar surface area (TPSA) is 91.8 Å². The lowest BCUT2D eigenvalue weighted by Gasteiger charge is -2.21. The molecular weight excluding hydrogens is 293 g/mol. The van der Waals surface area contributed by atoms with Crippen molar-refractivity contribution in [3.8, 4) is 11.8 Å². The lowest BCUT2D eigenvalue weighted by Crippen LogP contribution is -2.34. The second-order valence-electron chi connectivity index (χ2n) is 5.03. The molecule has 1 aromatic rings. The number of methoxy groups -OCH3 is 1. The fourth-order valence-corrected chi connectivity index (χ4v) is 2.56. The van der Waals surface area contributed by atoms with Crippen molar-refractivity contribution in [2.24, 2.45) is 0 Å². The smallest absolute Gasteiger partial charge is 0.254 e. The van der Waals surface area contributed by atoms with Crippen LogP contribution in [-0.2, 0) is 9.47 Å². The first-order valence-electron chi connectivity index (χ1n) is 6.78. The van der Waals surface area contributed by atoms with E-state index in [-0.39, 0.29) is 16.8 Å². The van der Waals surface area contributed by atoms with Crippen LogP contribution < -0.4 is 5.56 Å². The van der Waals surface area contributed by atoms with E-state index in [1.807, 2.05) is 0 Å². The minimum atomic E-state index is -1.12. The zero-order valence-electron chi connectivity index (χ0n) is 12.5. The van der Waals surface area contributed by atoms with Crippen LogP contribution in [0.5, 0.6) is 0 Å². The largest absolute Gasteiger partial charge is 0.394 e. The van der Waals surface area contributed by atoms with Gasteiger partial charge in [0.25, 0.3) is 5.56 Å². The van der Waals surface area contributed by atoms with Gasteiger partial charge in [0.2, 0.25) is 0 Å². The summed E-state index contributed by atoms with van der Waals surface area (Å²) in [7, 11) is 1.35. The maximum Gasteiger partial charge on any atom is 0.254 e. The molecule has 0 aliphatic carbocycles. The third kappa shape index (κ3) is 2.66. The number of aromatic nitrogens is 1. The molecule has 3 N–H and O–H groups in total. The maximum absolute atomic E-state index is 14.6. The van der Waals surface area contributed by atoms with Gasteiger partial charge in [-0.05, 0) is 19.8 Å². The van der Waals surface area contributed by atoms with Crippen LogP contribution >= 0.6 is 0 Å². The number of halogens is 1. The third-order valence-electron chi connectivity index (χ3n) is 3.74. The number of aliphatic hydroxyl groups is 2. The van der Waals surface area contributed by atoms with Gasteiger partial charge in [-0.15, -0.1) is 0 Å². The molecule has 22 heavy (non-hydrogen) atoms.